The highest BCUT2D eigenvalue weighted by Gasteiger charge is 2.13. The Balaban J connectivity index is 1.58. The zero-order valence-corrected chi connectivity index (χ0v) is 18.0. The summed E-state index contributed by atoms with van der Waals surface area (Å²) in [6.45, 7) is 2.90. The lowest BCUT2D eigenvalue weighted by atomic mass is 10.2. The van der Waals surface area contributed by atoms with Gasteiger partial charge in [0.2, 0.25) is 5.91 Å². The normalized spacial score (nSPS) is 10.7. The lowest BCUT2D eigenvalue weighted by Gasteiger charge is -2.09. The average molecular weight is 431 g/mol. The molecule has 0 saturated carbocycles. The molecule has 3 N–H and O–H groups in total. The molecule has 0 radical (unpaired) electrons. The number of benzene rings is 2. The first-order valence-electron chi connectivity index (χ1n) is 10.3. The fourth-order valence-electron chi connectivity index (χ4n) is 3.25. The Morgan fingerprint density at radius 3 is 2.47 bits per heavy atom. The van der Waals surface area contributed by atoms with E-state index in [2.05, 4.69) is 15.6 Å². The Kier molecular flexibility index (Phi) is 6.50. The zero-order chi connectivity index (χ0) is 22.3. The molecule has 32 heavy (non-hydrogen) atoms. The lowest BCUT2D eigenvalue weighted by molar-refractivity contribution is -0.118. The molecule has 4 rings (SSSR count). The third-order valence-electron chi connectivity index (χ3n) is 4.82. The van der Waals surface area contributed by atoms with Gasteiger partial charge in [0.15, 0.2) is 5.82 Å². The first kappa shape index (κ1) is 21.2. The highest BCUT2D eigenvalue weighted by Crippen LogP contribution is 2.26. The number of rotatable bonds is 9. The molecule has 164 valence electrons. The number of aromatic nitrogens is 3. The number of hydrogen-bond acceptors (Lipinski definition) is 6. The molecule has 4 aromatic rings. The summed E-state index contributed by atoms with van der Waals surface area (Å²) in [6, 6.07) is 19.2. The van der Waals surface area contributed by atoms with E-state index in [0.29, 0.717) is 37.0 Å². The van der Waals surface area contributed by atoms with Gasteiger partial charge in [-0.2, -0.15) is 0 Å². The van der Waals surface area contributed by atoms with Crippen LogP contribution in [0.25, 0.3) is 22.4 Å². The maximum Gasteiger partial charge on any atom is 0.216 e. The lowest BCUT2D eigenvalue weighted by Crippen LogP contribution is -2.26. The van der Waals surface area contributed by atoms with Gasteiger partial charge in [-0.05, 0) is 30.3 Å². The molecule has 2 heterocycles. The standard InChI is InChI=1S/C24H25N5O3/c1-16(30)25-12-13-26-23-21-14-18(15-32-20-10-8-19(31-2)9-11-20)27-24(21)29-22(28-23)17-6-4-3-5-7-17/h3-11,14H,12-13,15H2,1-2H3,(H,25,30)(H2,26,27,28,29). The molecule has 0 bridgehead atoms. The van der Waals surface area contributed by atoms with Crippen LogP contribution in [0.5, 0.6) is 11.5 Å². The van der Waals surface area contributed by atoms with Crippen molar-refractivity contribution in [2.24, 2.45) is 0 Å². The fraction of sp³-hybridized carbons (Fsp3) is 0.208. The number of nitrogens with one attached hydrogen (secondary N) is 3. The van der Waals surface area contributed by atoms with E-state index in [1.807, 2.05) is 60.7 Å². The van der Waals surface area contributed by atoms with E-state index in [1.54, 1.807) is 7.11 Å². The van der Waals surface area contributed by atoms with Gasteiger partial charge in [-0.1, -0.05) is 30.3 Å². The van der Waals surface area contributed by atoms with Gasteiger partial charge in [0.25, 0.3) is 0 Å². The summed E-state index contributed by atoms with van der Waals surface area (Å²) in [5, 5.41) is 6.95. The van der Waals surface area contributed by atoms with Gasteiger partial charge in [0, 0.05) is 25.6 Å². The van der Waals surface area contributed by atoms with Crippen molar-refractivity contribution >= 4 is 22.8 Å². The van der Waals surface area contributed by atoms with E-state index in [-0.39, 0.29) is 5.91 Å². The summed E-state index contributed by atoms with van der Waals surface area (Å²) in [5.41, 5.74) is 2.51. The largest absolute Gasteiger partial charge is 0.497 e. The van der Waals surface area contributed by atoms with Gasteiger partial charge in [-0.25, -0.2) is 9.97 Å². The number of nitrogens with zero attached hydrogens (tertiary/aromatic N) is 2. The predicted molar refractivity (Wildman–Crippen MR) is 124 cm³/mol. The minimum absolute atomic E-state index is 0.0655. The second-order valence-corrected chi connectivity index (χ2v) is 7.19. The smallest absolute Gasteiger partial charge is 0.216 e. The molecule has 0 aliphatic heterocycles. The third-order valence-corrected chi connectivity index (χ3v) is 4.82. The van der Waals surface area contributed by atoms with Crippen LogP contribution in [0.15, 0.2) is 60.7 Å². The number of aromatic amines is 1. The van der Waals surface area contributed by atoms with Crippen molar-refractivity contribution in [1.82, 2.24) is 20.3 Å². The summed E-state index contributed by atoms with van der Waals surface area (Å²) in [7, 11) is 1.63. The Labute approximate surface area is 186 Å². The maximum absolute atomic E-state index is 11.1. The van der Waals surface area contributed by atoms with Gasteiger partial charge in [0.05, 0.1) is 18.2 Å². The van der Waals surface area contributed by atoms with Crippen LogP contribution in [-0.2, 0) is 11.4 Å². The van der Waals surface area contributed by atoms with Crippen LogP contribution in [0.4, 0.5) is 5.82 Å². The van der Waals surface area contributed by atoms with Crippen LogP contribution in [0, 0.1) is 0 Å². The summed E-state index contributed by atoms with van der Waals surface area (Å²) in [5.74, 6) is 2.77. The molecular weight excluding hydrogens is 406 g/mol. The summed E-state index contributed by atoms with van der Waals surface area (Å²) >= 11 is 0. The van der Waals surface area contributed by atoms with E-state index >= 15 is 0 Å². The highest BCUT2D eigenvalue weighted by molar-refractivity contribution is 5.89. The SMILES string of the molecule is COc1ccc(OCc2cc3c(NCCNC(C)=O)nc(-c4ccccc4)nc3[nH]2)cc1. The van der Waals surface area contributed by atoms with Crippen molar-refractivity contribution in [2.45, 2.75) is 13.5 Å². The topological polar surface area (TPSA) is 101 Å². The number of fused-ring (bicyclic) bond motifs is 1. The van der Waals surface area contributed by atoms with Crippen LogP contribution in [0.3, 0.4) is 0 Å². The van der Waals surface area contributed by atoms with Gasteiger partial charge in [-0.15, -0.1) is 0 Å². The minimum Gasteiger partial charge on any atom is -0.497 e. The van der Waals surface area contributed by atoms with Crippen LogP contribution in [-0.4, -0.2) is 41.1 Å². The number of methoxy groups -OCH3 is 1. The number of carbonyl (C=O) groups excluding carboxylic acids is 1. The maximum atomic E-state index is 11.1. The van der Waals surface area contributed by atoms with Gasteiger partial charge in [0.1, 0.15) is 29.6 Å². The molecule has 8 nitrogen and oxygen atoms in total. The molecule has 0 aliphatic carbocycles. The molecule has 8 heteroatoms. The summed E-state index contributed by atoms with van der Waals surface area (Å²) in [4.78, 5) is 23.9. The highest BCUT2D eigenvalue weighted by atomic mass is 16.5. The molecular formula is C24H25N5O3. The van der Waals surface area contributed by atoms with Gasteiger partial charge in [-0.3, -0.25) is 4.79 Å². The van der Waals surface area contributed by atoms with Crippen molar-refractivity contribution in [2.75, 3.05) is 25.5 Å². The van der Waals surface area contributed by atoms with Crippen molar-refractivity contribution in [3.05, 3.63) is 66.4 Å². The van der Waals surface area contributed by atoms with Crippen LogP contribution >= 0.6 is 0 Å². The molecule has 0 atom stereocenters. The van der Waals surface area contributed by atoms with Gasteiger partial charge >= 0.3 is 0 Å². The number of hydrogen-bond donors (Lipinski definition) is 3. The predicted octanol–water partition coefficient (Wildman–Crippen LogP) is 3.76. The molecule has 2 aromatic carbocycles. The van der Waals surface area contributed by atoms with Crippen molar-refractivity contribution in [3.63, 3.8) is 0 Å². The van der Waals surface area contributed by atoms with Crippen molar-refractivity contribution < 1.29 is 14.3 Å². The minimum atomic E-state index is -0.0655. The second-order valence-electron chi connectivity index (χ2n) is 7.19. The molecule has 0 spiro atoms. The van der Waals surface area contributed by atoms with Crippen molar-refractivity contribution in [1.29, 1.82) is 0 Å². The number of amides is 1. The number of H-pyrrole nitrogens is 1. The van der Waals surface area contributed by atoms with Crippen LogP contribution in [0.1, 0.15) is 12.6 Å². The molecule has 0 aliphatic rings. The average Bonchev–Trinajstić information content (AvgIpc) is 3.24. The Bertz CT molecular complexity index is 1190. The molecule has 0 saturated heterocycles. The number of ether oxygens (including phenoxy) is 2. The van der Waals surface area contributed by atoms with E-state index in [1.165, 1.54) is 6.92 Å². The van der Waals surface area contributed by atoms with E-state index < -0.39 is 0 Å². The van der Waals surface area contributed by atoms with E-state index in [4.69, 9.17) is 19.4 Å². The molecule has 0 fully saturated rings. The molecule has 2 aromatic heterocycles. The van der Waals surface area contributed by atoms with Crippen LogP contribution < -0.4 is 20.1 Å². The third kappa shape index (κ3) is 5.15. The van der Waals surface area contributed by atoms with Gasteiger partial charge < -0.3 is 25.1 Å². The van der Waals surface area contributed by atoms with E-state index in [0.717, 1.165) is 28.1 Å². The monoisotopic (exact) mass is 431 g/mol. The van der Waals surface area contributed by atoms with Crippen molar-refractivity contribution in [3.8, 4) is 22.9 Å². The summed E-state index contributed by atoms with van der Waals surface area (Å²) < 4.78 is 11.1. The Hall–Kier alpha value is -4.07. The molecule has 0 unspecified atom stereocenters. The zero-order valence-electron chi connectivity index (χ0n) is 18.0. The Morgan fingerprint density at radius 1 is 1.00 bits per heavy atom. The molecule has 1 amide bonds. The summed E-state index contributed by atoms with van der Waals surface area (Å²) in [6.07, 6.45) is 0. The Morgan fingerprint density at radius 2 is 1.75 bits per heavy atom. The first-order chi connectivity index (χ1) is 15.6. The first-order valence-corrected chi connectivity index (χ1v) is 10.3. The van der Waals surface area contributed by atoms with E-state index in [9.17, 15) is 4.79 Å². The van der Waals surface area contributed by atoms with Crippen LogP contribution in [0.2, 0.25) is 0 Å². The fourth-order valence-corrected chi connectivity index (χ4v) is 3.25. The second kappa shape index (κ2) is 9.82. The number of carbonyl (C=O) groups is 1. The quantitative estimate of drug-likeness (QED) is 0.349. The number of anilines is 1.